The zero-order chi connectivity index (χ0) is 19.0. The molecule has 0 spiro atoms. The predicted octanol–water partition coefficient (Wildman–Crippen LogP) is 2.32. The number of halogens is 1. The summed E-state index contributed by atoms with van der Waals surface area (Å²) >= 11 is 5.83. The van der Waals surface area contributed by atoms with Gasteiger partial charge in [-0.3, -0.25) is 9.59 Å². The molecule has 0 radical (unpaired) electrons. The zero-order valence-electron chi connectivity index (χ0n) is 14.4. The SMILES string of the molecule is CCCCS(=O)(=O)N[C@@H](C)C(=O)O[C@@H](C)C(=O)Nc1cccc(Cl)c1. The van der Waals surface area contributed by atoms with E-state index in [1.165, 1.54) is 13.8 Å². The van der Waals surface area contributed by atoms with E-state index in [1.54, 1.807) is 24.3 Å². The Balaban J connectivity index is 2.55. The summed E-state index contributed by atoms with van der Waals surface area (Å²) in [4.78, 5) is 24.0. The van der Waals surface area contributed by atoms with Crippen LogP contribution < -0.4 is 10.0 Å². The third kappa shape index (κ3) is 7.85. The van der Waals surface area contributed by atoms with Gasteiger partial charge in [0.05, 0.1) is 5.75 Å². The second-order valence-electron chi connectivity index (χ2n) is 5.59. The van der Waals surface area contributed by atoms with E-state index in [2.05, 4.69) is 10.0 Å². The second-order valence-corrected chi connectivity index (χ2v) is 7.90. The Morgan fingerprint density at radius 3 is 2.56 bits per heavy atom. The highest BCUT2D eigenvalue weighted by molar-refractivity contribution is 7.89. The minimum atomic E-state index is -3.56. The summed E-state index contributed by atoms with van der Waals surface area (Å²) in [5.41, 5.74) is 0.466. The third-order valence-electron chi connectivity index (χ3n) is 3.23. The molecule has 0 fully saturated rings. The molecule has 0 aliphatic carbocycles. The molecule has 1 aromatic carbocycles. The van der Waals surface area contributed by atoms with Crippen LogP contribution in [0.2, 0.25) is 5.02 Å². The molecule has 0 aliphatic heterocycles. The molecule has 140 valence electrons. The average Bonchev–Trinajstić information content (AvgIpc) is 2.52. The molecule has 0 saturated carbocycles. The number of hydrogen-bond acceptors (Lipinski definition) is 5. The van der Waals surface area contributed by atoms with E-state index in [4.69, 9.17) is 16.3 Å². The lowest BCUT2D eigenvalue weighted by Crippen LogP contribution is -2.43. The number of sulfonamides is 1. The van der Waals surface area contributed by atoms with Crippen LogP contribution in [0.5, 0.6) is 0 Å². The minimum absolute atomic E-state index is 0.0636. The first kappa shape index (κ1) is 21.4. The largest absolute Gasteiger partial charge is 0.451 e. The van der Waals surface area contributed by atoms with Gasteiger partial charge in [0.15, 0.2) is 6.10 Å². The highest BCUT2D eigenvalue weighted by atomic mass is 35.5. The van der Waals surface area contributed by atoms with Gasteiger partial charge in [0.2, 0.25) is 10.0 Å². The first-order valence-electron chi connectivity index (χ1n) is 7.91. The van der Waals surface area contributed by atoms with E-state index in [9.17, 15) is 18.0 Å². The molecule has 0 bridgehead atoms. The average molecular weight is 391 g/mol. The van der Waals surface area contributed by atoms with Crippen LogP contribution in [0.3, 0.4) is 0 Å². The summed E-state index contributed by atoms with van der Waals surface area (Å²) in [7, 11) is -3.56. The Bertz CT molecular complexity index is 708. The van der Waals surface area contributed by atoms with Crippen molar-refractivity contribution in [2.45, 2.75) is 45.8 Å². The maximum absolute atomic E-state index is 12.0. The minimum Gasteiger partial charge on any atom is -0.451 e. The van der Waals surface area contributed by atoms with Crippen molar-refractivity contribution >= 4 is 39.2 Å². The Morgan fingerprint density at radius 2 is 1.96 bits per heavy atom. The molecule has 0 saturated heterocycles. The van der Waals surface area contributed by atoms with Gasteiger partial charge in [0.25, 0.3) is 5.91 Å². The number of amides is 1. The molecule has 9 heteroatoms. The summed E-state index contributed by atoms with van der Waals surface area (Å²) in [5, 5.41) is 3.02. The fourth-order valence-electron chi connectivity index (χ4n) is 1.85. The lowest BCUT2D eigenvalue weighted by Gasteiger charge is -2.17. The summed E-state index contributed by atoms with van der Waals surface area (Å²) in [6.45, 7) is 4.64. The molecule has 0 unspecified atom stereocenters. The second kappa shape index (κ2) is 9.74. The van der Waals surface area contributed by atoms with Crippen molar-refractivity contribution in [1.29, 1.82) is 0 Å². The molecular weight excluding hydrogens is 368 g/mol. The van der Waals surface area contributed by atoms with Gasteiger partial charge in [-0.25, -0.2) is 13.1 Å². The van der Waals surface area contributed by atoms with Crippen LogP contribution in [0.15, 0.2) is 24.3 Å². The van der Waals surface area contributed by atoms with Crippen molar-refractivity contribution < 1.29 is 22.7 Å². The number of unbranched alkanes of at least 4 members (excludes halogenated alkanes) is 1. The highest BCUT2D eigenvalue weighted by Crippen LogP contribution is 2.15. The topological polar surface area (TPSA) is 102 Å². The number of nitrogens with one attached hydrogen (secondary N) is 2. The standard InChI is InChI=1S/C16H23ClN2O5S/c1-4-5-9-25(22,23)19-11(2)16(21)24-12(3)15(20)18-14-8-6-7-13(17)10-14/h6-8,10-12,19H,4-5,9H2,1-3H3,(H,18,20)/t11-,12-/m0/s1. The van der Waals surface area contributed by atoms with Crippen molar-refractivity contribution in [3.05, 3.63) is 29.3 Å². The van der Waals surface area contributed by atoms with Gasteiger partial charge in [-0.05, 0) is 38.5 Å². The molecule has 25 heavy (non-hydrogen) atoms. The lowest BCUT2D eigenvalue weighted by molar-refractivity contribution is -0.154. The number of esters is 1. The zero-order valence-corrected chi connectivity index (χ0v) is 16.0. The maximum Gasteiger partial charge on any atom is 0.324 e. The van der Waals surface area contributed by atoms with Crippen molar-refractivity contribution in [2.24, 2.45) is 0 Å². The van der Waals surface area contributed by atoms with E-state index in [-0.39, 0.29) is 5.75 Å². The quantitative estimate of drug-likeness (QED) is 0.630. The number of hydrogen-bond donors (Lipinski definition) is 2. The fraction of sp³-hybridized carbons (Fsp3) is 0.500. The Morgan fingerprint density at radius 1 is 1.28 bits per heavy atom. The van der Waals surface area contributed by atoms with Crippen molar-refractivity contribution in [3.8, 4) is 0 Å². The van der Waals surface area contributed by atoms with E-state index in [0.29, 0.717) is 17.1 Å². The lowest BCUT2D eigenvalue weighted by atomic mass is 10.3. The summed E-state index contributed by atoms with van der Waals surface area (Å²) in [6.07, 6.45) is 0.129. The summed E-state index contributed by atoms with van der Waals surface area (Å²) in [5.74, 6) is -1.43. The molecule has 0 heterocycles. The maximum atomic E-state index is 12.0. The monoisotopic (exact) mass is 390 g/mol. The molecule has 7 nitrogen and oxygen atoms in total. The van der Waals surface area contributed by atoms with Gasteiger partial charge in [0.1, 0.15) is 6.04 Å². The van der Waals surface area contributed by atoms with Crippen LogP contribution in [0.1, 0.15) is 33.6 Å². The van der Waals surface area contributed by atoms with Crippen LogP contribution in [0, 0.1) is 0 Å². The molecular formula is C16H23ClN2O5S. The molecule has 2 N–H and O–H groups in total. The fourth-order valence-corrected chi connectivity index (χ4v) is 3.46. The number of benzene rings is 1. The molecule has 0 aromatic heterocycles. The van der Waals surface area contributed by atoms with Crippen LogP contribution in [-0.4, -0.2) is 38.2 Å². The normalized spacial score (nSPS) is 13.8. The van der Waals surface area contributed by atoms with Crippen molar-refractivity contribution in [1.82, 2.24) is 4.72 Å². The first-order chi connectivity index (χ1) is 11.6. The van der Waals surface area contributed by atoms with Crippen molar-refractivity contribution in [3.63, 3.8) is 0 Å². The van der Waals surface area contributed by atoms with Crippen LogP contribution >= 0.6 is 11.6 Å². The van der Waals surface area contributed by atoms with Crippen LogP contribution in [-0.2, 0) is 24.3 Å². The third-order valence-corrected chi connectivity index (χ3v) is 5.00. The van der Waals surface area contributed by atoms with Crippen molar-refractivity contribution in [2.75, 3.05) is 11.1 Å². The molecule has 1 aromatic rings. The Hall–Kier alpha value is -1.64. The van der Waals surface area contributed by atoms with E-state index in [0.717, 1.165) is 6.42 Å². The number of carbonyl (C=O) groups is 2. The van der Waals surface area contributed by atoms with E-state index >= 15 is 0 Å². The molecule has 1 rings (SSSR count). The van der Waals surface area contributed by atoms with Gasteiger partial charge in [0, 0.05) is 10.7 Å². The predicted molar refractivity (Wildman–Crippen MR) is 96.9 cm³/mol. The molecule has 1 amide bonds. The summed E-state index contributed by atoms with van der Waals surface area (Å²) < 4.78 is 30.8. The summed E-state index contributed by atoms with van der Waals surface area (Å²) in [6, 6.07) is 5.44. The van der Waals surface area contributed by atoms with Gasteiger partial charge < -0.3 is 10.1 Å². The Labute approximate surface area is 153 Å². The number of anilines is 1. The molecule has 2 atom stereocenters. The van der Waals surface area contributed by atoms with Crippen LogP contribution in [0.4, 0.5) is 5.69 Å². The van der Waals surface area contributed by atoms with Gasteiger partial charge in [-0.15, -0.1) is 0 Å². The first-order valence-corrected chi connectivity index (χ1v) is 9.94. The number of rotatable bonds is 9. The van der Waals surface area contributed by atoms with E-state index < -0.39 is 34.0 Å². The highest BCUT2D eigenvalue weighted by Gasteiger charge is 2.25. The van der Waals surface area contributed by atoms with E-state index in [1.807, 2.05) is 6.92 Å². The number of ether oxygens (including phenoxy) is 1. The van der Waals surface area contributed by atoms with Gasteiger partial charge in [-0.1, -0.05) is 31.0 Å². The smallest absolute Gasteiger partial charge is 0.324 e. The number of carbonyl (C=O) groups excluding carboxylic acids is 2. The van der Waals surface area contributed by atoms with Crippen LogP contribution in [0.25, 0.3) is 0 Å². The van der Waals surface area contributed by atoms with Gasteiger partial charge >= 0.3 is 5.97 Å². The Kier molecular flexibility index (Phi) is 8.34. The van der Waals surface area contributed by atoms with Gasteiger partial charge in [-0.2, -0.15) is 0 Å². The molecule has 0 aliphatic rings.